The van der Waals surface area contributed by atoms with E-state index in [2.05, 4.69) is 39.3 Å². The number of benzene rings is 1. The van der Waals surface area contributed by atoms with Gasteiger partial charge in [-0.1, -0.05) is 34.1 Å². The second-order valence-electron chi connectivity index (χ2n) is 3.19. The van der Waals surface area contributed by atoms with E-state index in [0.717, 1.165) is 17.3 Å². The molecular formula is C12H14BrN. The molecular weight excluding hydrogens is 238 g/mol. The largest absolute Gasteiger partial charge is 0.316 e. The van der Waals surface area contributed by atoms with Crippen molar-refractivity contribution >= 4 is 15.9 Å². The van der Waals surface area contributed by atoms with Crippen LogP contribution >= 0.6 is 15.9 Å². The van der Waals surface area contributed by atoms with Crippen LogP contribution in [0.25, 0.3) is 0 Å². The fourth-order valence-electron chi connectivity index (χ4n) is 1.35. The first-order valence-corrected chi connectivity index (χ1v) is 5.41. The molecule has 1 aromatic carbocycles. The summed E-state index contributed by atoms with van der Waals surface area (Å²) in [6.45, 7) is 0. The Kier molecular flexibility index (Phi) is 4.72. The average Bonchev–Trinajstić information content (AvgIpc) is 2.20. The zero-order valence-electron chi connectivity index (χ0n) is 8.26. The molecule has 74 valence electrons. The molecule has 0 aromatic heterocycles. The van der Waals surface area contributed by atoms with Gasteiger partial charge in [0.25, 0.3) is 0 Å². The molecule has 0 saturated carbocycles. The Labute approximate surface area is 94.0 Å². The van der Waals surface area contributed by atoms with E-state index in [9.17, 15) is 0 Å². The van der Waals surface area contributed by atoms with Crippen LogP contribution in [0, 0.1) is 12.3 Å². The summed E-state index contributed by atoms with van der Waals surface area (Å²) in [5.41, 5.74) is 1.29. The Morgan fingerprint density at radius 1 is 1.50 bits per heavy atom. The van der Waals surface area contributed by atoms with Crippen molar-refractivity contribution in [2.45, 2.75) is 18.9 Å². The summed E-state index contributed by atoms with van der Waals surface area (Å²) in [6, 6.07) is 8.59. The topological polar surface area (TPSA) is 12.0 Å². The van der Waals surface area contributed by atoms with Crippen LogP contribution < -0.4 is 5.32 Å². The van der Waals surface area contributed by atoms with Crippen LogP contribution in [0.2, 0.25) is 0 Å². The summed E-state index contributed by atoms with van der Waals surface area (Å²) in [4.78, 5) is 0. The van der Waals surface area contributed by atoms with Crippen molar-refractivity contribution in [3.8, 4) is 12.3 Å². The van der Waals surface area contributed by atoms with Crippen LogP contribution in [0.3, 0.4) is 0 Å². The van der Waals surface area contributed by atoms with Gasteiger partial charge >= 0.3 is 0 Å². The second-order valence-corrected chi connectivity index (χ2v) is 4.04. The summed E-state index contributed by atoms with van der Waals surface area (Å²) in [6.07, 6.45) is 7.02. The number of nitrogens with one attached hydrogen (secondary N) is 1. The molecule has 14 heavy (non-hydrogen) atoms. The predicted octanol–water partition coefficient (Wildman–Crippen LogP) is 2.60. The maximum Gasteiger partial charge on any atom is 0.0243 e. The van der Waals surface area contributed by atoms with Crippen molar-refractivity contribution in [1.29, 1.82) is 0 Å². The predicted molar refractivity (Wildman–Crippen MR) is 64.1 cm³/mol. The standard InChI is InChI=1S/C12H14BrN/c1-3-6-11(14-2)9-10-7-4-5-8-12(10)13/h1,4-5,7-8,11,14H,6,9H2,2H3. The first kappa shape index (κ1) is 11.3. The Bertz CT molecular complexity index is 327. The summed E-state index contributed by atoms with van der Waals surface area (Å²) in [5.74, 6) is 2.68. The minimum absolute atomic E-state index is 0.360. The molecule has 0 radical (unpaired) electrons. The van der Waals surface area contributed by atoms with E-state index in [4.69, 9.17) is 6.42 Å². The highest BCUT2D eigenvalue weighted by Gasteiger charge is 2.07. The maximum absolute atomic E-state index is 5.29. The molecule has 1 unspecified atom stereocenters. The number of likely N-dealkylation sites (N-methyl/N-ethyl adjacent to an activating group) is 1. The van der Waals surface area contributed by atoms with Crippen molar-refractivity contribution < 1.29 is 0 Å². The summed E-state index contributed by atoms with van der Waals surface area (Å²) >= 11 is 3.53. The minimum Gasteiger partial charge on any atom is -0.316 e. The molecule has 2 heteroatoms. The van der Waals surface area contributed by atoms with E-state index in [0.29, 0.717) is 6.04 Å². The molecule has 0 heterocycles. The normalized spacial score (nSPS) is 12.1. The summed E-state index contributed by atoms with van der Waals surface area (Å²) in [7, 11) is 1.94. The zero-order chi connectivity index (χ0) is 10.4. The summed E-state index contributed by atoms with van der Waals surface area (Å²) < 4.78 is 1.15. The van der Waals surface area contributed by atoms with E-state index < -0.39 is 0 Å². The van der Waals surface area contributed by atoms with Gasteiger partial charge in [-0.3, -0.25) is 0 Å². The molecule has 1 aromatic rings. The van der Waals surface area contributed by atoms with E-state index in [1.165, 1.54) is 5.56 Å². The van der Waals surface area contributed by atoms with Gasteiger partial charge in [0.15, 0.2) is 0 Å². The Morgan fingerprint density at radius 3 is 2.79 bits per heavy atom. The number of terminal acetylenes is 1. The molecule has 0 saturated heterocycles. The fraction of sp³-hybridized carbons (Fsp3) is 0.333. The Morgan fingerprint density at radius 2 is 2.21 bits per heavy atom. The van der Waals surface area contributed by atoms with E-state index >= 15 is 0 Å². The third kappa shape index (κ3) is 3.17. The third-order valence-electron chi connectivity index (χ3n) is 2.20. The van der Waals surface area contributed by atoms with Gasteiger partial charge in [-0.15, -0.1) is 12.3 Å². The molecule has 0 aliphatic carbocycles. The molecule has 1 N–H and O–H groups in total. The highest BCUT2D eigenvalue weighted by atomic mass is 79.9. The highest BCUT2D eigenvalue weighted by Crippen LogP contribution is 2.17. The van der Waals surface area contributed by atoms with E-state index in [1.807, 2.05) is 19.2 Å². The number of hydrogen-bond donors (Lipinski definition) is 1. The van der Waals surface area contributed by atoms with Gasteiger partial charge < -0.3 is 5.32 Å². The van der Waals surface area contributed by atoms with Crippen LogP contribution in [0.1, 0.15) is 12.0 Å². The lowest BCUT2D eigenvalue weighted by molar-refractivity contribution is 0.572. The second kappa shape index (κ2) is 5.85. The van der Waals surface area contributed by atoms with Crippen LogP contribution in [-0.2, 0) is 6.42 Å². The van der Waals surface area contributed by atoms with Crippen LogP contribution in [0.4, 0.5) is 0 Å². The lowest BCUT2D eigenvalue weighted by Gasteiger charge is -2.13. The van der Waals surface area contributed by atoms with Crippen molar-refractivity contribution in [2.75, 3.05) is 7.05 Å². The monoisotopic (exact) mass is 251 g/mol. The summed E-state index contributed by atoms with van der Waals surface area (Å²) in [5, 5.41) is 3.22. The first-order chi connectivity index (χ1) is 6.77. The smallest absolute Gasteiger partial charge is 0.0243 e. The van der Waals surface area contributed by atoms with Crippen molar-refractivity contribution in [2.24, 2.45) is 0 Å². The number of halogens is 1. The van der Waals surface area contributed by atoms with Crippen molar-refractivity contribution in [3.63, 3.8) is 0 Å². The van der Waals surface area contributed by atoms with Gasteiger partial charge in [-0.05, 0) is 25.1 Å². The first-order valence-electron chi connectivity index (χ1n) is 4.62. The lowest BCUT2D eigenvalue weighted by Crippen LogP contribution is -2.27. The quantitative estimate of drug-likeness (QED) is 0.812. The van der Waals surface area contributed by atoms with Gasteiger partial charge in [0.2, 0.25) is 0 Å². The van der Waals surface area contributed by atoms with Crippen LogP contribution in [-0.4, -0.2) is 13.1 Å². The molecule has 1 atom stereocenters. The molecule has 1 rings (SSSR count). The molecule has 0 amide bonds. The Balaban J connectivity index is 2.68. The van der Waals surface area contributed by atoms with E-state index in [-0.39, 0.29) is 0 Å². The minimum atomic E-state index is 0.360. The fourth-order valence-corrected chi connectivity index (χ4v) is 1.79. The van der Waals surface area contributed by atoms with E-state index in [1.54, 1.807) is 0 Å². The van der Waals surface area contributed by atoms with Gasteiger partial charge in [-0.25, -0.2) is 0 Å². The zero-order valence-corrected chi connectivity index (χ0v) is 9.84. The highest BCUT2D eigenvalue weighted by molar-refractivity contribution is 9.10. The molecule has 1 nitrogen and oxygen atoms in total. The number of hydrogen-bond acceptors (Lipinski definition) is 1. The van der Waals surface area contributed by atoms with Crippen molar-refractivity contribution in [1.82, 2.24) is 5.32 Å². The molecule has 0 aliphatic rings. The van der Waals surface area contributed by atoms with Crippen LogP contribution in [0.5, 0.6) is 0 Å². The number of rotatable bonds is 4. The average molecular weight is 252 g/mol. The lowest BCUT2D eigenvalue weighted by atomic mass is 10.0. The van der Waals surface area contributed by atoms with Crippen LogP contribution in [0.15, 0.2) is 28.7 Å². The van der Waals surface area contributed by atoms with Gasteiger partial charge in [0, 0.05) is 16.9 Å². The van der Waals surface area contributed by atoms with Gasteiger partial charge in [0.1, 0.15) is 0 Å². The third-order valence-corrected chi connectivity index (χ3v) is 2.97. The Hall–Kier alpha value is -0.780. The van der Waals surface area contributed by atoms with Gasteiger partial charge in [0.05, 0.1) is 0 Å². The molecule has 0 spiro atoms. The maximum atomic E-state index is 5.29. The van der Waals surface area contributed by atoms with Crippen molar-refractivity contribution in [3.05, 3.63) is 34.3 Å². The molecule has 0 aliphatic heterocycles. The van der Waals surface area contributed by atoms with Gasteiger partial charge in [-0.2, -0.15) is 0 Å². The SMILES string of the molecule is C#CCC(Cc1ccccc1Br)NC. The molecule has 0 fully saturated rings. The molecule has 0 bridgehead atoms.